The summed E-state index contributed by atoms with van der Waals surface area (Å²) in [5.74, 6) is 0.128. The fourth-order valence-corrected chi connectivity index (χ4v) is 4.05. The van der Waals surface area contributed by atoms with Gasteiger partial charge in [0.15, 0.2) is 0 Å². The highest BCUT2D eigenvalue weighted by Crippen LogP contribution is 2.25. The van der Waals surface area contributed by atoms with E-state index in [1.54, 1.807) is 23.1 Å². The van der Waals surface area contributed by atoms with Gasteiger partial charge in [-0.25, -0.2) is 4.79 Å². The normalized spacial score (nSPS) is 18.9. The van der Waals surface area contributed by atoms with Gasteiger partial charge in [-0.1, -0.05) is 29.6 Å². The maximum absolute atomic E-state index is 12.6. The van der Waals surface area contributed by atoms with Crippen LogP contribution in [0.5, 0.6) is 0 Å². The Labute approximate surface area is 176 Å². The first-order chi connectivity index (χ1) is 13.5. The zero-order valence-electron chi connectivity index (χ0n) is 16.1. The van der Waals surface area contributed by atoms with Crippen LogP contribution in [-0.2, 0) is 4.79 Å². The van der Waals surface area contributed by atoms with Gasteiger partial charge in [0.1, 0.15) is 0 Å². The molecule has 2 aliphatic heterocycles. The van der Waals surface area contributed by atoms with E-state index in [2.05, 4.69) is 10.2 Å². The maximum Gasteiger partial charge on any atom is 0.321 e. The van der Waals surface area contributed by atoms with Crippen molar-refractivity contribution in [1.82, 2.24) is 14.7 Å². The summed E-state index contributed by atoms with van der Waals surface area (Å²) in [4.78, 5) is 31.1. The summed E-state index contributed by atoms with van der Waals surface area (Å²) in [6.45, 7) is 5.70. The molecule has 1 aromatic carbocycles. The average Bonchev–Trinajstić information content (AvgIpc) is 2.88. The lowest BCUT2D eigenvalue weighted by atomic mass is 10.1. The third-order valence-electron chi connectivity index (χ3n) is 5.40. The van der Waals surface area contributed by atoms with Gasteiger partial charge in [-0.05, 0) is 57.1 Å². The van der Waals surface area contributed by atoms with Gasteiger partial charge in [-0.2, -0.15) is 0 Å². The van der Waals surface area contributed by atoms with Gasteiger partial charge >= 0.3 is 6.03 Å². The summed E-state index contributed by atoms with van der Waals surface area (Å²) in [6, 6.07) is 4.76. The Kier molecular flexibility index (Phi) is 7.82. The van der Waals surface area contributed by atoms with Crippen molar-refractivity contribution in [3.05, 3.63) is 28.2 Å². The summed E-state index contributed by atoms with van der Waals surface area (Å²) in [6.07, 6.45) is 5.25. The van der Waals surface area contributed by atoms with Crippen LogP contribution < -0.4 is 5.32 Å². The van der Waals surface area contributed by atoms with Crippen LogP contribution in [0.3, 0.4) is 0 Å². The van der Waals surface area contributed by atoms with E-state index < -0.39 is 0 Å². The van der Waals surface area contributed by atoms with Crippen LogP contribution in [0.15, 0.2) is 18.2 Å². The van der Waals surface area contributed by atoms with Crippen molar-refractivity contribution in [3.8, 4) is 0 Å². The molecule has 154 valence electrons. The predicted octanol–water partition coefficient (Wildman–Crippen LogP) is 3.94. The molecular formula is C20H28Cl2N4O2. The molecule has 0 aliphatic carbocycles. The van der Waals surface area contributed by atoms with Crippen molar-refractivity contribution in [3.63, 3.8) is 0 Å². The number of carbonyl (C=O) groups is 2. The summed E-state index contributed by atoms with van der Waals surface area (Å²) in [7, 11) is 0. The molecule has 0 atom stereocenters. The molecule has 0 spiro atoms. The van der Waals surface area contributed by atoms with Gasteiger partial charge in [0.25, 0.3) is 0 Å². The van der Waals surface area contributed by atoms with Crippen molar-refractivity contribution in [2.45, 2.75) is 32.1 Å². The Balaban J connectivity index is 1.46. The highest BCUT2D eigenvalue weighted by Gasteiger charge is 2.24. The van der Waals surface area contributed by atoms with Crippen molar-refractivity contribution in [2.75, 3.05) is 51.1 Å². The number of hydrogen-bond acceptors (Lipinski definition) is 3. The number of halogens is 2. The topological polar surface area (TPSA) is 55.9 Å². The van der Waals surface area contributed by atoms with Crippen LogP contribution in [0.2, 0.25) is 10.0 Å². The SMILES string of the molecule is O=C1CCN(C(=O)Nc2ccc(Cl)c(Cl)c2)CCN1CCCN1CCCCC1. The lowest BCUT2D eigenvalue weighted by Gasteiger charge is -2.28. The molecule has 2 heterocycles. The number of carbonyl (C=O) groups excluding carboxylic acids is 2. The van der Waals surface area contributed by atoms with Gasteiger partial charge < -0.3 is 20.0 Å². The molecule has 2 fully saturated rings. The lowest BCUT2D eigenvalue weighted by Crippen LogP contribution is -2.39. The molecule has 0 aromatic heterocycles. The fraction of sp³-hybridized carbons (Fsp3) is 0.600. The molecule has 8 heteroatoms. The zero-order chi connectivity index (χ0) is 19.9. The monoisotopic (exact) mass is 426 g/mol. The number of amides is 3. The molecule has 0 saturated carbocycles. The molecule has 2 saturated heterocycles. The van der Waals surface area contributed by atoms with E-state index in [1.165, 1.54) is 32.4 Å². The van der Waals surface area contributed by atoms with Crippen LogP contribution in [-0.4, -0.2) is 72.5 Å². The highest BCUT2D eigenvalue weighted by molar-refractivity contribution is 6.42. The zero-order valence-corrected chi connectivity index (χ0v) is 17.6. The number of rotatable bonds is 5. The summed E-state index contributed by atoms with van der Waals surface area (Å²) >= 11 is 11.9. The minimum Gasteiger partial charge on any atom is -0.341 e. The molecular weight excluding hydrogens is 399 g/mol. The second-order valence-corrected chi connectivity index (χ2v) is 8.25. The number of nitrogens with one attached hydrogen (secondary N) is 1. The first-order valence-electron chi connectivity index (χ1n) is 10.0. The van der Waals surface area contributed by atoms with Gasteiger partial charge in [0.2, 0.25) is 5.91 Å². The van der Waals surface area contributed by atoms with Crippen LogP contribution in [0.1, 0.15) is 32.1 Å². The van der Waals surface area contributed by atoms with E-state index in [4.69, 9.17) is 23.2 Å². The van der Waals surface area contributed by atoms with Crippen molar-refractivity contribution in [2.24, 2.45) is 0 Å². The third kappa shape index (κ3) is 6.00. The quantitative estimate of drug-likeness (QED) is 0.775. The minimum absolute atomic E-state index is 0.128. The van der Waals surface area contributed by atoms with E-state index in [0.29, 0.717) is 41.8 Å². The first-order valence-corrected chi connectivity index (χ1v) is 10.8. The summed E-state index contributed by atoms with van der Waals surface area (Å²) in [5, 5.41) is 3.67. The largest absolute Gasteiger partial charge is 0.341 e. The Morgan fingerprint density at radius 3 is 2.50 bits per heavy atom. The third-order valence-corrected chi connectivity index (χ3v) is 6.14. The van der Waals surface area contributed by atoms with Crippen LogP contribution in [0.25, 0.3) is 0 Å². The van der Waals surface area contributed by atoms with Crippen molar-refractivity contribution < 1.29 is 9.59 Å². The van der Waals surface area contributed by atoms with Gasteiger partial charge in [0.05, 0.1) is 10.0 Å². The molecule has 6 nitrogen and oxygen atoms in total. The smallest absolute Gasteiger partial charge is 0.321 e. The molecule has 2 aliphatic rings. The van der Waals surface area contributed by atoms with E-state index in [-0.39, 0.29) is 11.9 Å². The number of piperidine rings is 1. The van der Waals surface area contributed by atoms with Crippen LogP contribution in [0.4, 0.5) is 10.5 Å². The number of anilines is 1. The number of benzene rings is 1. The minimum atomic E-state index is -0.221. The first kappa shape index (κ1) is 21.2. The van der Waals surface area contributed by atoms with Crippen molar-refractivity contribution >= 4 is 40.8 Å². The lowest BCUT2D eigenvalue weighted by molar-refractivity contribution is -0.130. The summed E-state index contributed by atoms with van der Waals surface area (Å²) < 4.78 is 0. The van der Waals surface area contributed by atoms with Gasteiger partial charge in [-0.15, -0.1) is 0 Å². The summed E-state index contributed by atoms with van der Waals surface area (Å²) in [5.41, 5.74) is 0.591. The van der Waals surface area contributed by atoms with Gasteiger partial charge in [0, 0.05) is 38.3 Å². The van der Waals surface area contributed by atoms with Crippen LogP contribution in [0, 0.1) is 0 Å². The number of hydrogen-bond donors (Lipinski definition) is 1. The molecule has 0 radical (unpaired) electrons. The molecule has 1 N–H and O–H groups in total. The fourth-order valence-electron chi connectivity index (χ4n) is 3.75. The Hall–Kier alpha value is -1.50. The Bertz CT molecular complexity index is 695. The van der Waals surface area contributed by atoms with Gasteiger partial charge in [-0.3, -0.25) is 4.79 Å². The number of urea groups is 1. The molecule has 3 amide bonds. The highest BCUT2D eigenvalue weighted by atomic mass is 35.5. The van der Waals surface area contributed by atoms with E-state index >= 15 is 0 Å². The molecule has 1 aromatic rings. The molecule has 28 heavy (non-hydrogen) atoms. The second-order valence-electron chi connectivity index (χ2n) is 7.43. The van der Waals surface area contributed by atoms with Crippen molar-refractivity contribution in [1.29, 1.82) is 0 Å². The standard InChI is InChI=1S/C20H28Cl2N4O2/c21-17-6-5-16(15-18(17)22)23-20(28)26-12-7-19(27)25(13-14-26)11-4-10-24-8-2-1-3-9-24/h5-6,15H,1-4,7-14H2,(H,23,28). The number of nitrogens with zero attached hydrogens (tertiary/aromatic N) is 3. The average molecular weight is 427 g/mol. The Morgan fingerprint density at radius 1 is 0.964 bits per heavy atom. The molecule has 0 bridgehead atoms. The Morgan fingerprint density at radius 2 is 1.75 bits per heavy atom. The second kappa shape index (κ2) is 10.3. The van der Waals surface area contributed by atoms with E-state index in [0.717, 1.165) is 19.5 Å². The van der Waals surface area contributed by atoms with E-state index in [9.17, 15) is 9.59 Å². The van der Waals surface area contributed by atoms with E-state index in [1.807, 2.05) is 4.90 Å². The maximum atomic E-state index is 12.6. The molecule has 3 rings (SSSR count). The predicted molar refractivity (Wildman–Crippen MR) is 113 cm³/mol. The molecule has 0 unspecified atom stereocenters. The van der Waals surface area contributed by atoms with Crippen LogP contribution >= 0.6 is 23.2 Å². The number of likely N-dealkylation sites (tertiary alicyclic amines) is 1.